The predicted molar refractivity (Wildman–Crippen MR) is 146 cm³/mol. The molecular weight excluding hydrogens is 606 g/mol. The van der Waals surface area contributed by atoms with Gasteiger partial charge in [0.2, 0.25) is 11.8 Å². The van der Waals surface area contributed by atoms with Gasteiger partial charge in [0, 0.05) is 18.5 Å². The molecule has 0 heterocycles. The Morgan fingerprint density at radius 3 is 2.18 bits per heavy atom. The number of amides is 3. The van der Waals surface area contributed by atoms with E-state index in [1.807, 2.05) is 0 Å². The van der Waals surface area contributed by atoms with E-state index in [1.54, 1.807) is 18.2 Å². The van der Waals surface area contributed by atoms with Crippen molar-refractivity contribution in [1.82, 2.24) is 0 Å². The second-order valence-corrected chi connectivity index (χ2v) is 11.1. The average Bonchev–Trinajstić information content (AvgIpc) is 3.43. The predicted octanol–water partition coefficient (Wildman–Crippen LogP) is 7.66. The third-order valence-corrected chi connectivity index (χ3v) is 7.77. The van der Waals surface area contributed by atoms with Gasteiger partial charge in [-0.1, -0.05) is 40.9 Å². The van der Waals surface area contributed by atoms with E-state index < -0.39 is 51.2 Å². The molecule has 1 aliphatic rings. The number of hydrogen-bond donors (Lipinski definition) is 3. The lowest BCUT2D eigenvalue weighted by Gasteiger charge is -2.13. The number of hydrogen-bond acceptors (Lipinski definition) is 3. The van der Waals surface area contributed by atoms with Gasteiger partial charge in [0.15, 0.2) is 5.82 Å². The van der Waals surface area contributed by atoms with Gasteiger partial charge >= 0.3 is 0 Å². The lowest BCUT2D eigenvalue weighted by Crippen LogP contribution is -2.19. The molecule has 3 N–H and O–H groups in total. The smallest absolute Gasteiger partial charge is 0.257 e. The lowest BCUT2D eigenvalue weighted by atomic mass is 10.1. The van der Waals surface area contributed by atoms with Crippen molar-refractivity contribution in [3.63, 3.8) is 0 Å². The van der Waals surface area contributed by atoms with Crippen molar-refractivity contribution in [2.24, 2.45) is 5.92 Å². The zero-order valence-corrected chi connectivity index (χ0v) is 22.9. The van der Waals surface area contributed by atoms with Crippen LogP contribution in [0.3, 0.4) is 0 Å². The van der Waals surface area contributed by atoms with Crippen molar-refractivity contribution < 1.29 is 23.2 Å². The second kappa shape index (κ2) is 10.9. The van der Waals surface area contributed by atoms with Crippen molar-refractivity contribution in [1.29, 1.82) is 0 Å². The van der Waals surface area contributed by atoms with Gasteiger partial charge in [0.05, 0.1) is 32.2 Å². The third-order valence-electron chi connectivity index (χ3n) is 5.76. The third kappa shape index (κ3) is 5.70. The molecule has 13 heteroatoms. The normalized spacial score (nSPS) is 17.5. The van der Waals surface area contributed by atoms with Gasteiger partial charge in [-0.2, -0.15) is 0 Å². The van der Waals surface area contributed by atoms with Crippen LogP contribution in [-0.2, 0) is 9.59 Å². The number of anilines is 3. The van der Waals surface area contributed by atoms with Crippen molar-refractivity contribution in [2.75, 3.05) is 16.0 Å². The monoisotopic (exact) mass is 619 g/mol. The SMILES string of the molecule is CC(=O)Nc1ccc(F)c(NC(=O)c2cc(NC(=O)C3[C@H](c4ccc(Cl)c(Cl)c4)C3(Cl)Cl)ccc2Cl)c1F. The van der Waals surface area contributed by atoms with Crippen LogP contribution in [0.2, 0.25) is 15.1 Å². The topological polar surface area (TPSA) is 87.3 Å². The molecule has 0 aromatic heterocycles. The van der Waals surface area contributed by atoms with Gasteiger partial charge in [-0.25, -0.2) is 8.78 Å². The highest BCUT2D eigenvalue weighted by Gasteiger charge is 2.67. The van der Waals surface area contributed by atoms with Gasteiger partial charge in [-0.3, -0.25) is 14.4 Å². The fourth-order valence-corrected chi connectivity index (χ4v) is 5.24. The number of rotatable bonds is 6. The zero-order valence-electron chi connectivity index (χ0n) is 19.1. The first-order chi connectivity index (χ1) is 17.8. The minimum absolute atomic E-state index is 0.0523. The molecule has 1 saturated carbocycles. The number of carbonyl (C=O) groups is 3. The summed E-state index contributed by atoms with van der Waals surface area (Å²) in [6.07, 6.45) is 0. The molecule has 38 heavy (non-hydrogen) atoms. The average molecular weight is 622 g/mol. The van der Waals surface area contributed by atoms with Gasteiger partial charge in [-0.15, -0.1) is 23.2 Å². The Hall–Kier alpha value is -2.62. The molecule has 1 aliphatic carbocycles. The Kier molecular flexibility index (Phi) is 8.12. The van der Waals surface area contributed by atoms with E-state index in [4.69, 9.17) is 58.0 Å². The zero-order chi connectivity index (χ0) is 27.9. The first-order valence-electron chi connectivity index (χ1n) is 10.8. The highest BCUT2D eigenvalue weighted by molar-refractivity contribution is 6.53. The van der Waals surface area contributed by atoms with E-state index in [9.17, 15) is 23.2 Å². The van der Waals surface area contributed by atoms with Crippen LogP contribution in [0.15, 0.2) is 48.5 Å². The highest BCUT2D eigenvalue weighted by Crippen LogP contribution is 2.65. The molecule has 3 aromatic rings. The summed E-state index contributed by atoms with van der Waals surface area (Å²) in [4.78, 5) is 37.1. The maximum Gasteiger partial charge on any atom is 0.257 e. The first kappa shape index (κ1) is 28.4. The second-order valence-electron chi connectivity index (χ2n) is 8.41. The van der Waals surface area contributed by atoms with Crippen LogP contribution >= 0.6 is 58.0 Å². The standard InChI is InChI=1S/C25H16Cl5F2N3O3/c1-10(36)33-18-7-6-17(31)22(21(18)32)35-23(37)13-9-12(3-5-14(13)26)34-24(38)20-19(25(20,29)30)11-2-4-15(27)16(28)8-11/h2-9,19-20H,1H3,(H,33,36)(H,34,38)(H,35,37)/t19-,20?/m0/s1. The van der Waals surface area contributed by atoms with Crippen molar-refractivity contribution in [2.45, 2.75) is 17.2 Å². The van der Waals surface area contributed by atoms with Gasteiger partial charge in [0.25, 0.3) is 5.91 Å². The quantitative estimate of drug-likeness (QED) is 0.247. The van der Waals surface area contributed by atoms with E-state index in [2.05, 4.69) is 16.0 Å². The Bertz CT molecular complexity index is 1480. The summed E-state index contributed by atoms with van der Waals surface area (Å²) >= 11 is 30.9. The number of nitrogens with one attached hydrogen (secondary N) is 3. The van der Waals surface area contributed by atoms with Crippen molar-refractivity contribution >= 4 is 92.8 Å². The number of benzene rings is 3. The summed E-state index contributed by atoms with van der Waals surface area (Å²) < 4.78 is 27.6. The van der Waals surface area contributed by atoms with Crippen LogP contribution in [0.5, 0.6) is 0 Å². The fourth-order valence-electron chi connectivity index (χ4n) is 3.90. The Balaban J connectivity index is 1.53. The Labute approximate surface area is 240 Å². The number of carbonyl (C=O) groups excluding carboxylic acids is 3. The largest absolute Gasteiger partial charge is 0.326 e. The van der Waals surface area contributed by atoms with Crippen LogP contribution in [0.25, 0.3) is 0 Å². The summed E-state index contributed by atoms with van der Waals surface area (Å²) in [6.45, 7) is 1.15. The summed E-state index contributed by atoms with van der Waals surface area (Å²) in [7, 11) is 0. The Morgan fingerprint density at radius 1 is 0.842 bits per heavy atom. The molecule has 0 bridgehead atoms. The molecule has 1 unspecified atom stereocenters. The molecule has 0 saturated heterocycles. The van der Waals surface area contributed by atoms with E-state index >= 15 is 0 Å². The molecule has 0 aliphatic heterocycles. The van der Waals surface area contributed by atoms with Crippen LogP contribution < -0.4 is 16.0 Å². The molecule has 3 aromatic carbocycles. The molecule has 6 nitrogen and oxygen atoms in total. The Morgan fingerprint density at radius 2 is 1.53 bits per heavy atom. The fraction of sp³-hybridized carbons (Fsp3) is 0.160. The van der Waals surface area contributed by atoms with Gasteiger partial charge in [0.1, 0.15) is 15.8 Å². The van der Waals surface area contributed by atoms with Crippen LogP contribution in [0, 0.1) is 17.6 Å². The summed E-state index contributed by atoms with van der Waals surface area (Å²) in [6, 6.07) is 10.7. The molecule has 0 spiro atoms. The molecule has 0 radical (unpaired) electrons. The van der Waals surface area contributed by atoms with Gasteiger partial charge < -0.3 is 16.0 Å². The maximum atomic E-state index is 14.7. The molecule has 2 atom stereocenters. The van der Waals surface area contributed by atoms with Crippen LogP contribution in [-0.4, -0.2) is 22.1 Å². The number of alkyl halides is 2. The van der Waals surface area contributed by atoms with Crippen LogP contribution in [0.1, 0.15) is 28.8 Å². The minimum Gasteiger partial charge on any atom is -0.326 e. The van der Waals surface area contributed by atoms with E-state index in [0.29, 0.717) is 10.6 Å². The highest BCUT2D eigenvalue weighted by atomic mass is 35.5. The van der Waals surface area contributed by atoms with E-state index in [1.165, 1.54) is 18.2 Å². The molecule has 3 amide bonds. The number of halogens is 7. The maximum absolute atomic E-state index is 14.7. The first-order valence-corrected chi connectivity index (χ1v) is 12.7. The summed E-state index contributed by atoms with van der Waals surface area (Å²) in [5.74, 6) is -5.78. The van der Waals surface area contributed by atoms with Crippen molar-refractivity contribution in [3.8, 4) is 0 Å². The van der Waals surface area contributed by atoms with Crippen molar-refractivity contribution in [3.05, 3.63) is 86.4 Å². The van der Waals surface area contributed by atoms with Gasteiger partial charge in [-0.05, 0) is 48.0 Å². The molecule has 198 valence electrons. The molecule has 4 rings (SSSR count). The summed E-state index contributed by atoms with van der Waals surface area (Å²) in [5, 5.41) is 7.50. The summed E-state index contributed by atoms with van der Waals surface area (Å²) in [5.41, 5.74) is -0.531. The van der Waals surface area contributed by atoms with E-state index in [0.717, 1.165) is 19.1 Å². The lowest BCUT2D eigenvalue weighted by molar-refractivity contribution is -0.117. The molecule has 1 fully saturated rings. The minimum atomic E-state index is -1.41. The van der Waals surface area contributed by atoms with Crippen LogP contribution in [0.4, 0.5) is 25.8 Å². The van der Waals surface area contributed by atoms with E-state index in [-0.39, 0.29) is 27.0 Å². The molecular formula is C25H16Cl5F2N3O3.